The fourth-order valence-corrected chi connectivity index (χ4v) is 2.23. The van der Waals surface area contributed by atoms with Crippen molar-refractivity contribution in [3.8, 4) is 0 Å². The van der Waals surface area contributed by atoms with Crippen molar-refractivity contribution in [2.24, 2.45) is 0 Å². The van der Waals surface area contributed by atoms with Crippen molar-refractivity contribution in [1.29, 1.82) is 0 Å². The number of hydrogen-bond donors (Lipinski definition) is 1. The summed E-state index contributed by atoms with van der Waals surface area (Å²) in [6.07, 6.45) is 5.83. The van der Waals surface area contributed by atoms with E-state index in [2.05, 4.69) is 6.92 Å². The number of carboxylic acids is 1. The molecule has 0 bridgehead atoms. The standard InChI is InChI=1S/C15H22ClNO2/c1-2-3-4-5-6-10-17(12-15(18)19)14-9-7-8-13(16)11-14/h7-9,11H,2-6,10,12H2,1H3,(H,18,19). The second-order valence-electron chi connectivity index (χ2n) is 4.71. The summed E-state index contributed by atoms with van der Waals surface area (Å²) in [5.41, 5.74) is 0.880. The molecule has 0 atom stereocenters. The second kappa shape index (κ2) is 8.81. The molecule has 0 aromatic heterocycles. The summed E-state index contributed by atoms with van der Waals surface area (Å²) in [4.78, 5) is 12.8. The van der Waals surface area contributed by atoms with Crippen LogP contribution in [-0.2, 0) is 4.79 Å². The lowest BCUT2D eigenvalue weighted by atomic mass is 10.1. The average Bonchev–Trinajstić information content (AvgIpc) is 2.36. The minimum atomic E-state index is -0.812. The summed E-state index contributed by atoms with van der Waals surface area (Å²) < 4.78 is 0. The molecule has 0 spiro atoms. The van der Waals surface area contributed by atoms with Crippen LogP contribution in [0.3, 0.4) is 0 Å². The Morgan fingerprint density at radius 1 is 1.26 bits per heavy atom. The van der Waals surface area contributed by atoms with Gasteiger partial charge in [0.25, 0.3) is 0 Å². The van der Waals surface area contributed by atoms with Crippen LogP contribution in [0.4, 0.5) is 5.69 Å². The van der Waals surface area contributed by atoms with Crippen LogP contribution in [0.25, 0.3) is 0 Å². The third-order valence-electron chi connectivity index (χ3n) is 3.03. The first kappa shape index (κ1) is 15.8. The number of nitrogens with zero attached hydrogens (tertiary/aromatic N) is 1. The number of carbonyl (C=O) groups is 1. The Kier molecular flexibility index (Phi) is 7.34. The number of halogens is 1. The Hall–Kier alpha value is -1.22. The first-order chi connectivity index (χ1) is 9.13. The summed E-state index contributed by atoms with van der Waals surface area (Å²) in [5.74, 6) is -0.812. The third-order valence-corrected chi connectivity index (χ3v) is 3.27. The van der Waals surface area contributed by atoms with E-state index in [9.17, 15) is 4.79 Å². The van der Waals surface area contributed by atoms with Crippen LogP contribution in [0.15, 0.2) is 24.3 Å². The van der Waals surface area contributed by atoms with Gasteiger partial charge in [0.15, 0.2) is 0 Å². The lowest BCUT2D eigenvalue weighted by Gasteiger charge is -2.23. The maximum atomic E-state index is 10.9. The van der Waals surface area contributed by atoms with Crippen molar-refractivity contribution in [1.82, 2.24) is 0 Å². The van der Waals surface area contributed by atoms with Crippen LogP contribution in [-0.4, -0.2) is 24.2 Å². The van der Waals surface area contributed by atoms with Gasteiger partial charge in [0.05, 0.1) is 0 Å². The van der Waals surface area contributed by atoms with Crippen LogP contribution >= 0.6 is 11.6 Å². The van der Waals surface area contributed by atoms with Crippen molar-refractivity contribution in [3.05, 3.63) is 29.3 Å². The highest BCUT2D eigenvalue weighted by Gasteiger charge is 2.10. The Labute approximate surface area is 120 Å². The molecular weight excluding hydrogens is 262 g/mol. The number of aliphatic carboxylic acids is 1. The summed E-state index contributed by atoms with van der Waals surface area (Å²) in [6, 6.07) is 7.37. The van der Waals surface area contributed by atoms with Crippen LogP contribution in [0.5, 0.6) is 0 Å². The lowest BCUT2D eigenvalue weighted by Crippen LogP contribution is -2.30. The first-order valence-electron chi connectivity index (χ1n) is 6.85. The van der Waals surface area contributed by atoms with E-state index in [4.69, 9.17) is 16.7 Å². The zero-order chi connectivity index (χ0) is 14.1. The summed E-state index contributed by atoms with van der Waals surface area (Å²) in [7, 11) is 0. The smallest absolute Gasteiger partial charge is 0.323 e. The van der Waals surface area contributed by atoms with Crippen molar-refractivity contribution in [2.45, 2.75) is 39.0 Å². The van der Waals surface area contributed by atoms with Crippen molar-refractivity contribution in [3.63, 3.8) is 0 Å². The van der Waals surface area contributed by atoms with E-state index in [1.807, 2.05) is 23.1 Å². The molecule has 1 aromatic carbocycles. The Morgan fingerprint density at radius 2 is 2.00 bits per heavy atom. The van der Waals surface area contributed by atoms with Crippen LogP contribution < -0.4 is 4.90 Å². The van der Waals surface area contributed by atoms with E-state index < -0.39 is 5.97 Å². The zero-order valence-electron chi connectivity index (χ0n) is 11.4. The normalized spacial score (nSPS) is 10.4. The Balaban J connectivity index is 2.54. The van der Waals surface area contributed by atoms with E-state index in [1.165, 1.54) is 19.3 Å². The van der Waals surface area contributed by atoms with E-state index in [0.717, 1.165) is 25.1 Å². The van der Waals surface area contributed by atoms with Gasteiger partial charge >= 0.3 is 5.97 Å². The van der Waals surface area contributed by atoms with Crippen LogP contribution in [0, 0.1) is 0 Å². The molecule has 0 aliphatic rings. The number of benzene rings is 1. The molecule has 1 aromatic rings. The van der Waals surface area contributed by atoms with E-state index >= 15 is 0 Å². The van der Waals surface area contributed by atoms with Crippen molar-refractivity contribution < 1.29 is 9.90 Å². The molecule has 0 saturated heterocycles. The molecule has 0 saturated carbocycles. The van der Waals surface area contributed by atoms with E-state index in [0.29, 0.717) is 5.02 Å². The van der Waals surface area contributed by atoms with Gasteiger partial charge in [-0.25, -0.2) is 0 Å². The largest absolute Gasteiger partial charge is 0.480 e. The fraction of sp³-hybridized carbons (Fsp3) is 0.533. The van der Waals surface area contributed by atoms with Gasteiger partial charge in [0.2, 0.25) is 0 Å². The Bertz CT molecular complexity index is 395. The summed E-state index contributed by atoms with van der Waals surface area (Å²) in [5, 5.41) is 9.62. The minimum absolute atomic E-state index is 0.0219. The molecule has 3 nitrogen and oxygen atoms in total. The number of unbranched alkanes of at least 4 members (excludes halogenated alkanes) is 4. The molecule has 0 aliphatic heterocycles. The van der Waals surface area contributed by atoms with Crippen LogP contribution in [0.2, 0.25) is 5.02 Å². The number of hydrogen-bond acceptors (Lipinski definition) is 2. The topological polar surface area (TPSA) is 40.5 Å². The fourth-order valence-electron chi connectivity index (χ4n) is 2.04. The molecule has 106 valence electrons. The molecule has 0 unspecified atom stereocenters. The third kappa shape index (κ3) is 6.48. The van der Waals surface area contributed by atoms with Gasteiger partial charge in [-0.2, -0.15) is 0 Å². The SMILES string of the molecule is CCCCCCCN(CC(=O)O)c1cccc(Cl)c1. The predicted octanol–water partition coefficient (Wildman–Crippen LogP) is 4.20. The van der Waals surface area contributed by atoms with Crippen molar-refractivity contribution >= 4 is 23.3 Å². The first-order valence-corrected chi connectivity index (χ1v) is 7.23. The molecule has 0 heterocycles. The average molecular weight is 284 g/mol. The quantitative estimate of drug-likeness (QED) is 0.691. The van der Waals surface area contributed by atoms with Gasteiger partial charge in [-0.1, -0.05) is 50.3 Å². The molecule has 19 heavy (non-hydrogen) atoms. The predicted molar refractivity (Wildman–Crippen MR) is 80.1 cm³/mol. The highest BCUT2D eigenvalue weighted by Crippen LogP contribution is 2.20. The summed E-state index contributed by atoms with van der Waals surface area (Å²) in [6.45, 7) is 2.97. The maximum absolute atomic E-state index is 10.9. The highest BCUT2D eigenvalue weighted by atomic mass is 35.5. The molecule has 4 heteroatoms. The molecule has 0 amide bonds. The van der Waals surface area contributed by atoms with Crippen LogP contribution in [0.1, 0.15) is 39.0 Å². The molecular formula is C15H22ClNO2. The van der Waals surface area contributed by atoms with Crippen molar-refractivity contribution in [2.75, 3.05) is 18.0 Å². The van der Waals surface area contributed by atoms with Gasteiger partial charge in [-0.05, 0) is 24.6 Å². The lowest BCUT2D eigenvalue weighted by molar-refractivity contribution is -0.135. The maximum Gasteiger partial charge on any atom is 0.323 e. The number of anilines is 1. The molecule has 0 radical (unpaired) electrons. The molecule has 1 N–H and O–H groups in total. The number of rotatable bonds is 9. The van der Waals surface area contributed by atoms with Gasteiger partial charge in [0, 0.05) is 17.3 Å². The monoisotopic (exact) mass is 283 g/mol. The number of carboxylic acid groups (broad SMARTS) is 1. The van der Waals surface area contributed by atoms with Gasteiger partial charge in [-0.15, -0.1) is 0 Å². The van der Waals surface area contributed by atoms with Gasteiger partial charge < -0.3 is 10.0 Å². The van der Waals surface area contributed by atoms with Gasteiger partial charge in [-0.3, -0.25) is 4.79 Å². The zero-order valence-corrected chi connectivity index (χ0v) is 12.2. The molecule has 0 aliphatic carbocycles. The van der Waals surface area contributed by atoms with E-state index in [-0.39, 0.29) is 6.54 Å². The van der Waals surface area contributed by atoms with E-state index in [1.54, 1.807) is 6.07 Å². The minimum Gasteiger partial charge on any atom is -0.480 e. The summed E-state index contributed by atoms with van der Waals surface area (Å²) >= 11 is 5.95. The van der Waals surface area contributed by atoms with Gasteiger partial charge in [0.1, 0.15) is 6.54 Å². The Morgan fingerprint density at radius 3 is 2.63 bits per heavy atom. The second-order valence-corrected chi connectivity index (χ2v) is 5.15. The molecule has 1 rings (SSSR count). The molecule has 0 fully saturated rings. The highest BCUT2D eigenvalue weighted by molar-refractivity contribution is 6.30.